The van der Waals surface area contributed by atoms with Gasteiger partial charge in [-0.05, 0) is 46.0 Å². The smallest absolute Gasteiger partial charge is 0.450 e. The van der Waals surface area contributed by atoms with Gasteiger partial charge in [-0.3, -0.25) is 4.79 Å². The summed E-state index contributed by atoms with van der Waals surface area (Å²) >= 11 is 0. The largest absolute Gasteiger partial charge is 0.469 e. The maximum atomic E-state index is 13.6. The van der Waals surface area contributed by atoms with E-state index >= 15 is 0 Å². The molecular weight excluding hydrogens is 436 g/mol. The predicted molar refractivity (Wildman–Crippen MR) is 130 cm³/mol. The van der Waals surface area contributed by atoms with Crippen molar-refractivity contribution in [1.82, 2.24) is 14.4 Å². The van der Waals surface area contributed by atoms with E-state index in [0.29, 0.717) is 31.4 Å². The molecule has 34 heavy (non-hydrogen) atoms. The van der Waals surface area contributed by atoms with E-state index in [2.05, 4.69) is 5.10 Å². The highest BCUT2D eigenvalue weighted by atomic mass is 16.6. The lowest BCUT2D eigenvalue weighted by Gasteiger charge is -2.34. The number of methoxy groups -OCH3 is 1. The van der Waals surface area contributed by atoms with Crippen LogP contribution < -0.4 is 4.48 Å². The molecule has 9 nitrogen and oxygen atoms in total. The first-order valence-corrected chi connectivity index (χ1v) is 11.9. The predicted octanol–water partition coefficient (Wildman–Crippen LogP) is 4.36. The fourth-order valence-corrected chi connectivity index (χ4v) is 4.54. The molecule has 2 aliphatic heterocycles. The molecule has 0 spiro atoms. The summed E-state index contributed by atoms with van der Waals surface area (Å²) in [6.45, 7) is 9.50. The number of hydrazone groups is 1. The van der Waals surface area contributed by atoms with E-state index in [1.807, 2.05) is 58.0 Å². The lowest BCUT2D eigenvalue weighted by molar-refractivity contribution is -0.140. The van der Waals surface area contributed by atoms with E-state index in [-0.39, 0.29) is 35.5 Å². The van der Waals surface area contributed by atoms with Gasteiger partial charge in [-0.25, -0.2) is 9.59 Å². The molecular formula is C25H37N4O5+. The zero-order valence-corrected chi connectivity index (χ0v) is 21.0. The number of esters is 1. The van der Waals surface area contributed by atoms with Crippen LogP contribution in [0.3, 0.4) is 0 Å². The van der Waals surface area contributed by atoms with Gasteiger partial charge in [0.05, 0.1) is 20.1 Å². The molecule has 0 radical (unpaired) electrons. The van der Waals surface area contributed by atoms with Gasteiger partial charge in [0.1, 0.15) is 17.8 Å². The monoisotopic (exact) mass is 473 g/mol. The molecule has 1 aromatic rings. The molecule has 1 unspecified atom stereocenters. The average molecular weight is 474 g/mol. The van der Waals surface area contributed by atoms with Gasteiger partial charge in [-0.1, -0.05) is 18.2 Å². The van der Waals surface area contributed by atoms with Gasteiger partial charge in [0.25, 0.3) is 0 Å². The van der Waals surface area contributed by atoms with E-state index in [0.717, 1.165) is 24.9 Å². The Hall–Kier alpha value is -2.94. The number of rotatable bonds is 7. The van der Waals surface area contributed by atoms with Gasteiger partial charge in [0.2, 0.25) is 5.84 Å². The van der Waals surface area contributed by atoms with Crippen molar-refractivity contribution in [3.8, 4) is 0 Å². The highest BCUT2D eigenvalue weighted by Gasteiger charge is 2.51. The maximum absolute atomic E-state index is 13.6. The molecule has 2 heterocycles. The number of urea groups is 1. The third-order valence-corrected chi connectivity index (χ3v) is 6.46. The van der Waals surface area contributed by atoms with Gasteiger partial charge in [0, 0.05) is 32.1 Å². The Morgan fingerprint density at radius 3 is 2.38 bits per heavy atom. The zero-order chi connectivity index (χ0) is 24.9. The second-order valence-electron chi connectivity index (χ2n) is 9.95. The lowest BCUT2D eigenvalue weighted by Crippen LogP contribution is -2.57. The third-order valence-electron chi connectivity index (χ3n) is 6.46. The van der Waals surface area contributed by atoms with E-state index in [4.69, 9.17) is 9.47 Å². The van der Waals surface area contributed by atoms with Crippen LogP contribution in [0, 0.1) is 5.92 Å². The molecule has 3 amide bonds. The van der Waals surface area contributed by atoms with Gasteiger partial charge in [-0.15, -0.1) is 5.10 Å². The van der Waals surface area contributed by atoms with Crippen LogP contribution in [0.2, 0.25) is 0 Å². The van der Waals surface area contributed by atoms with E-state index in [1.165, 1.54) is 7.11 Å². The Labute approximate surface area is 201 Å². The van der Waals surface area contributed by atoms with Gasteiger partial charge >= 0.3 is 18.1 Å². The van der Waals surface area contributed by atoms with Crippen molar-refractivity contribution in [3.63, 3.8) is 0 Å². The van der Waals surface area contributed by atoms with Crippen LogP contribution in [0.1, 0.15) is 53.4 Å². The fourth-order valence-electron chi connectivity index (χ4n) is 4.54. The number of ether oxygens (including phenoxy) is 2. The molecule has 9 heteroatoms. The first-order chi connectivity index (χ1) is 16.1. The van der Waals surface area contributed by atoms with Crippen molar-refractivity contribution in [1.29, 1.82) is 0 Å². The van der Waals surface area contributed by atoms with Crippen LogP contribution in [-0.2, 0) is 14.3 Å². The summed E-state index contributed by atoms with van der Waals surface area (Å²) in [6, 6.07) is 9.30. The highest BCUT2D eigenvalue weighted by Crippen LogP contribution is 2.32. The Balaban J connectivity index is 1.62. The molecule has 0 bridgehead atoms. The zero-order valence-electron chi connectivity index (χ0n) is 21.0. The fraction of sp³-hybridized carbons (Fsp3) is 0.600. The third kappa shape index (κ3) is 5.75. The van der Waals surface area contributed by atoms with Crippen LogP contribution in [0.5, 0.6) is 0 Å². The van der Waals surface area contributed by atoms with E-state index in [9.17, 15) is 14.4 Å². The van der Waals surface area contributed by atoms with Crippen molar-refractivity contribution in [2.75, 3.05) is 33.3 Å². The van der Waals surface area contributed by atoms with Crippen LogP contribution in [-0.4, -0.2) is 72.7 Å². The summed E-state index contributed by atoms with van der Waals surface area (Å²) in [5.41, 5.74) is 0.280. The highest BCUT2D eigenvalue weighted by molar-refractivity contribution is 6.13. The number of nitrogens with zero attached hydrogens (tertiary/aromatic N) is 4. The number of benzene rings is 1. The molecule has 0 aliphatic carbocycles. The number of hydrogen-bond donors (Lipinski definition) is 0. The second-order valence-corrected chi connectivity index (χ2v) is 9.95. The first-order valence-electron chi connectivity index (χ1n) is 11.9. The van der Waals surface area contributed by atoms with Crippen molar-refractivity contribution < 1.29 is 23.9 Å². The number of amides is 3. The number of hydrogen-bond acceptors (Lipinski definition) is 6. The van der Waals surface area contributed by atoms with Crippen molar-refractivity contribution in [2.45, 2.75) is 59.0 Å². The quantitative estimate of drug-likeness (QED) is 0.434. The number of carbonyl (C=O) groups excluding carboxylic acids is 3. The van der Waals surface area contributed by atoms with Crippen molar-refractivity contribution in [3.05, 3.63) is 30.3 Å². The molecule has 1 fully saturated rings. The number of para-hydroxylation sites is 1. The van der Waals surface area contributed by atoms with Gasteiger partial charge < -0.3 is 14.4 Å². The Kier molecular flexibility index (Phi) is 7.97. The molecule has 1 aromatic carbocycles. The first kappa shape index (κ1) is 25.7. The lowest BCUT2D eigenvalue weighted by atomic mass is 9.94. The molecule has 186 valence electrons. The van der Waals surface area contributed by atoms with E-state index in [1.54, 1.807) is 9.91 Å². The minimum atomic E-state index is -0.503. The molecule has 1 saturated heterocycles. The summed E-state index contributed by atoms with van der Waals surface area (Å²) in [6.07, 6.45) is 2.38. The Morgan fingerprint density at radius 2 is 1.79 bits per heavy atom. The Morgan fingerprint density at radius 1 is 1.15 bits per heavy atom. The van der Waals surface area contributed by atoms with Crippen molar-refractivity contribution in [2.24, 2.45) is 11.0 Å². The number of quaternary nitrogens is 1. The summed E-state index contributed by atoms with van der Waals surface area (Å²) in [5.74, 6) is 0.681. The minimum Gasteiger partial charge on any atom is -0.469 e. The number of likely N-dealkylation sites (tertiary alicyclic amines) is 1. The van der Waals surface area contributed by atoms with Crippen LogP contribution in [0.4, 0.5) is 15.3 Å². The SMILES string of the molecule is COC(=O)CC[N+]1(c2ccccc2)C(=O)N(CCC2CCN(C(=O)OC(C)(C)C)CC2)N=C1C. The van der Waals surface area contributed by atoms with Crippen LogP contribution in [0.25, 0.3) is 0 Å². The second kappa shape index (κ2) is 10.5. The number of piperidine rings is 1. The van der Waals surface area contributed by atoms with E-state index < -0.39 is 5.60 Å². The molecule has 0 N–H and O–H groups in total. The molecule has 3 rings (SSSR count). The summed E-state index contributed by atoms with van der Waals surface area (Å²) in [7, 11) is 1.35. The van der Waals surface area contributed by atoms with Crippen LogP contribution >= 0.6 is 0 Å². The Bertz CT molecular complexity index is 919. The minimum absolute atomic E-state index is 0.104. The standard InChI is InChI=1S/C25H37N4O5/c1-19-26-28(17-13-20-11-15-27(16-12-20)24(32)34-25(2,3)4)23(31)29(19,18-14-22(30)33-5)21-9-7-6-8-10-21/h6-10,20H,11-18H2,1-5H3/q+1. The van der Waals surface area contributed by atoms with Crippen molar-refractivity contribution >= 4 is 29.6 Å². The van der Waals surface area contributed by atoms with Gasteiger partial charge in [-0.2, -0.15) is 9.49 Å². The normalized spacial score (nSPS) is 21.4. The number of amidine groups is 1. The average Bonchev–Trinajstić information content (AvgIpc) is 3.05. The molecule has 0 saturated carbocycles. The summed E-state index contributed by atoms with van der Waals surface area (Å²) in [4.78, 5) is 39.6. The topological polar surface area (TPSA) is 88.5 Å². The summed E-state index contributed by atoms with van der Waals surface area (Å²) < 4.78 is 10.2. The van der Waals surface area contributed by atoms with Crippen LogP contribution in [0.15, 0.2) is 35.4 Å². The molecule has 2 aliphatic rings. The summed E-state index contributed by atoms with van der Waals surface area (Å²) in [5, 5.41) is 6.15. The molecule has 1 atom stereocenters. The maximum Gasteiger partial charge on any atom is 0.450 e. The number of carbonyl (C=O) groups is 3. The van der Waals surface area contributed by atoms with Gasteiger partial charge in [0.15, 0.2) is 0 Å². The molecule has 0 aromatic heterocycles.